The quantitative estimate of drug-likeness (QED) is 0.424. The number of H-pyrrole nitrogens is 1. The lowest BCUT2D eigenvalue weighted by Gasteiger charge is -2.47. The van der Waals surface area contributed by atoms with Crippen LogP contribution in [0.2, 0.25) is 0 Å². The molecule has 2 N–H and O–H groups in total. The molecule has 2 bridgehead atoms. The summed E-state index contributed by atoms with van der Waals surface area (Å²) in [6.07, 6.45) is 6.66. The van der Waals surface area contributed by atoms with E-state index in [4.69, 9.17) is 9.40 Å². The summed E-state index contributed by atoms with van der Waals surface area (Å²) in [5, 5.41) is 10.8. The molecule has 2 atom stereocenters. The zero-order valence-corrected chi connectivity index (χ0v) is 17.6. The summed E-state index contributed by atoms with van der Waals surface area (Å²) in [5.74, 6) is 2.09. The SMILES string of the molecule is CC1C2CCC(CC2)C1Nc1cc(-c2ccco2)nc(-c2[nH]nc3c(F)cc(F)cc23)n1. The molecule has 0 amide bonds. The average molecular weight is 435 g/mol. The number of anilines is 1. The van der Waals surface area contributed by atoms with Gasteiger partial charge in [0.05, 0.1) is 6.26 Å². The molecule has 3 aliphatic carbocycles. The van der Waals surface area contributed by atoms with Gasteiger partial charge < -0.3 is 9.73 Å². The highest BCUT2D eigenvalue weighted by atomic mass is 19.1. The number of halogens is 2. The summed E-state index contributed by atoms with van der Waals surface area (Å²) in [7, 11) is 0. The molecular weight excluding hydrogens is 412 g/mol. The highest BCUT2D eigenvalue weighted by molar-refractivity contribution is 5.92. The molecule has 2 unspecified atom stereocenters. The maximum atomic E-state index is 14.2. The molecule has 4 aromatic rings. The summed E-state index contributed by atoms with van der Waals surface area (Å²) in [4.78, 5) is 9.35. The monoisotopic (exact) mass is 435 g/mol. The second-order valence-electron chi connectivity index (χ2n) is 9.03. The molecule has 164 valence electrons. The van der Waals surface area contributed by atoms with Gasteiger partial charge in [-0.2, -0.15) is 5.10 Å². The number of hydrogen-bond acceptors (Lipinski definition) is 5. The Morgan fingerprint density at radius 2 is 1.88 bits per heavy atom. The summed E-state index contributed by atoms with van der Waals surface area (Å²) >= 11 is 0. The first-order valence-corrected chi connectivity index (χ1v) is 11.1. The lowest BCUT2D eigenvalue weighted by molar-refractivity contribution is 0.0928. The minimum absolute atomic E-state index is 0.0566. The minimum atomic E-state index is -0.727. The van der Waals surface area contributed by atoms with Gasteiger partial charge in [-0.25, -0.2) is 18.7 Å². The van der Waals surface area contributed by atoms with Crippen LogP contribution in [0.5, 0.6) is 0 Å². The molecule has 0 radical (unpaired) electrons. The Kier molecular flexibility index (Phi) is 4.48. The zero-order chi connectivity index (χ0) is 21.8. The number of nitrogens with zero attached hydrogens (tertiary/aromatic N) is 3. The van der Waals surface area contributed by atoms with Crippen LogP contribution >= 0.6 is 0 Å². The van der Waals surface area contributed by atoms with Gasteiger partial charge >= 0.3 is 0 Å². The highest BCUT2D eigenvalue weighted by Crippen LogP contribution is 2.46. The van der Waals surface area contributed by atoms with Crippen LogP contribution in [0.15, 0.2) is 41.0 Å². The van der Waals surface area contributed by atoms with Crippen molar-refractivity contribution in [2.24, 2.45) is 17.8 Å². The molecule has 3 heterocycles. The van der Waals surface area contributed by atoms with Gasteiger partial charge in [0.25, 0.3) is 0 Å². The van der Waals surface area contributed by atoms with Crippen LogP contribution in [0.3, 0.4) is 0 Å². The number of fused-ring (bicyclic) bond motifs is 4. The fraction of sp³-hybridized carbons (Fsp3) is 0.375. The van der Waals surface area contributed by atoms with Crippen LogP contribution in [-0.4, -0.2) is 26.2 Å². The minimum Gasteiger partial charge on any atom is -0.463 e. The van der Waals surface area contributed by atoms with Crippen molar-refractivity contribution in [1.82, 2.24) is 20.2 Å². The second kappa shape index (κ2) is 7.39. The van der Waals surface area contributed by atoms with Crippen LogP contribution in [-0.2, 0) is 0 Å². The standard InChI is InChI=1S/C24H23F2N5O/c1-12-13-4-6-14(7-5-13)21(12)28-20-11-18(19-3-2-8-32-19)27-24(29-20)23-16-9-15(25)10-17(26)22(16)30-31-23/h2-3,8-14,21H,4-7H2,1H3,(H,30,31)(H,27,28,29). The molecule has 0 aliphatic heterocycles. The van der Waals surface area contributed by atoms with Crippen LogP contribution < -0.4 is 5.32 Å². The number of furan rings is 1. The Bertz CT molecular complexity index is 1280. The van der Waals surface area contributed by atoms with E-state index in [1.165, 1.54) is 31.7 Å². The molecule has 3 fully saturated rings. The van der Waals surface area contributed by atoms with Crippen molar-refractivity contribution in [2.45, 2.75) is 38.6 Å². The lowest BCUT2D eigenvalue weighted by atomic mass is 9.62. The van der Waals surface area contributed by atoms with Gasteiger partial charge in [-0.3, -0.25) is 5.10 Å². The molecule has 8 heteroatoms. The molecule has 6 nitrogen and oxygen atoms in total. The Morgan fingerprint density at radius 1 is 1.06 bits per heavy atom. The number of aromatic amines is 1. The molecule has 0 saturated heterocycles. The molecule has 3 saturated carbocycles. The zero-order valence-electron chi connectivity index (χ0n) is 17.6. The van der Waals surface area contributed by atoms with Gasteiger partial charge in [0.15, 0.2) is 17.4 Å². The Labute approximate surface area is 183 Å². The molecule has 3 aliphatic rings. The third-order valence-electron chi connectivity index (χ3n) is 7.25. The van der Waals surface area contributed by atoms with E-state index in [2.05, 4.69) is 27.4 Å². The molecule has 1 aromatic carbocycles. The second-order valence-corrected chi connectivity index (χ2v) is 9.03. The predicted octanol–water partition coefficient (Wildman–Crippen LogP) is 5.79. The molecule has 3 aromatic heterocycles. The van der Waals surface area contributed by atoms with Crippen molar-refractivity contribution in [2.75, 3.05) is 5.32 Å². The first kappa shape index (κ1) is 19.4. The number of nitrogens with one attached hydrogen (secondary N) is 2. The average Bonchev–Trinajstić information content (AvgIpc) is 3.47. The van der Waals surface area contributed by atoms with Crippen LogP contribution in [0.4, 0.5) is 14.6 Å². The van der Waals surface area contributed by atoms with Gasteiger partial charge in [-0.15, -0.1) is 0 Å². The first-order chi connectivity index (χ1) is 15.6. The molecular formula is C24H23F2N5O. The van der Waals surface area contributed by atoms with Crippen molar-refractivity contribution in [3.05, 3.63) is 48.2 Å². The van der Waals surface area contributed by atoms with Crippen molar-refractivity contribution in [1.29, 1.82) is 0 Å². The Morgan fingerprint density at radius 3 is 2.62 bits per heavy atom. The van der Waals surface area contributed by atoms with Crippen molar-refractivity contribution >= 4 is 16.7 Å². The fourth-order valence-electron chi connectivity index (χ4n) is 5.57. The van der Waals surface area contributed by atoms with E-state index in [1.807, 2.05) is 12.1 Å². The van der Waals surface area contributed by atoms with Gasteiger partial charge in [0.2, 0.25) is 0 Å². The topological polar surface area (TPSA) is 79.6 Å². The smallest absolute Gasteiger partial charge is 0.180 e. The normalized spacial score (nSPS) is 24.8. The van der Waals surface area contributed by atoms with E-state index in [0.29, 0.717) is 52.1 Å². The van der Waals surface area contributed by atoms with E-state index < -0.39 is 11.6 Å². The van der Waals surface area contributed by atoms with Gasteiger partial charge in [0, 0.05) is 23.6 Å². The number of aromatic nitrogens is 4. The molecule has 32 heavy (non-hydrogen) atoms. The van der Waals surface area contributed by atoms with Crippen molar-refractivity contribution in [3.63, 3.8) is 0 Å². The number of rotatable bonds is 4. The number of hydrogen-bond donors (Lipinski definition) is 2. The molecule has 7 rings (SSSR count). The number of benzene rings is 1. The van der Waals surface area contributed by atoms with Crippen LogP contribution in [0.1, 0.15) is 32.6 Å². The summed E-state index contributed by atoms with van der Waals surface area (Å²) in [6.45, 7) is 2.32. The summed E-state index contributed by atoms with van der Waals surface area (Å²) in [5.41, 5.74) is 1.02. The Balaban J connectivity index is 1.46. The van der Waals surface area contributed by atoms with Crippen molar-refractivity contribution < 1.29 is 13.2 Å². The van der Waals surface area contributed by atoms with Gasteiger partial charge in [-0.1, -0.05) is 6.92 Å². The van der Waals surface area contributed by atoms with E-state index in [1.54, 1.807) is 12.3 Å². The third-order valence-corrected chi connectivity index (χ3v) is 7.25. The third kappa shape index (κ3) is 3.16. The first-order valence-electron chi connectivity index (χ1n) is 11.1. The highest BCUT2D eigenvalue weighted by Gasteiger charge is 2.41. The van der Waals surface area contributed by atoms with Crippen LogP contribution in [0.25, 0.3) is 33.9 Å². The van der Waals surface area contributed by atoms with Crippen LogP contribution in [0, 0.1) is 29.4 Å². The summed E-state index contributed by atoms with van der Waals surface area (Å²) in [6, 6.07) is 7.89. The van der Waals surface area contributed by atoms with E-state index in [-0.39, 0.29) is 5.52 Å². The maximum absolute atomic E-state index is 14.2. The van der Waals surface area contributed by atoms with E-state index in [0.717, 1.165) is 12.0 Å². The van der Waals surface area contributed by atoms with E-state index in [9.17, 15) is 8.78 Å². The maximum Gasteiger partial charge on any atom is 0.180 e. The Hall–Kier alpha value is -3.29. The molecule has 0 spiro atoms. The fourth-order valence-corrected chi connectivity index (χ4v) is 5.57. The lowest BCUT2D eigenvalue weighted by Crippen LogP contribution is -2.47. The van der Waals surface area contributed by atoms with Gasteiger partial charge in [0.1, 0.15) is 28.5 Å². The van der Waals surface area contributed by atoms with Crippen molar-refractivity contribution in [3.8, 4) is 23.0 Å². The van der Waals surface area contributed by atoms with Gasteiger partial charge in [-0.05, 0) is 61.6 Å². The largest absolute Gasteiger partial charge is 0.463 e. The van der Waals surface area contributed by atoms with E-state index >= 15 is 0 Å². The predicted molar refractivity (Wildman–Crippen MR) is 117 cm³/mol. The summed E-state index contributed by atoms with van der Waals surface area (Å²) < 4.78 is 33.7.